The molecule has 3 rings (SSSR count). The average molecular weight is 286 g/mol. The van der Waals surface area contributed by atoms with E-state index in [9.17, 15) is 4.79 Å². The highest BCUT2D eigenvalue weighted by molar-refractivity contribution is 6.31. The van der Waals surface area contributed by atoms with Crippen molar-refractivity contribution in [2.45, 2.75) is 6.54 Å². The van der Waals surface area contributed by atoms with Crippen LogP contribution >= 0.6 is 11.6 Å². The van der Waals surface area contributed by atoms with E-state index in [-0.39, 0.29) is 5.56 Å². The van der Waals surface area contributed by atoms with Crippen molar-refractivity contribution >= 4 is 28.1 Å². The van der Waals surface area contributed by atoms with E-state index in [1.807, 2.05) is 30.3 Å². The Hall–Kier alpha value is -2.33. The van der Waals surface area contributed by atoms with Crippen LogP contribution in [0.3, 0.4) is 0 Å². The molecule has 2 N–H and O–H groups in total. The van der Waals surface area contributed by atoms with Gasteiger partial charge in [-0.05, 0) is 41.3 Å². The van der Waals surface area contributed by atoms with Crippen LogP contribution in [0.1, 0.15) is 5.56 Å². The normalized spacial score (nSPS) is 10.7. The maximum Gasteiger partial charge on any atom is 0.255 e. The van der Waals surface area contributed by atoms with E-state index >= 15 is 0 Å². The number of nitrogens with zero attached hydrogens (tertiary/aromatic N) is 1. The minimum Gasteiger partial charge on any atom is -0.381 e. The molecule has 0 spiro atoms. The number of hydrogen-bond acceptors (Lipinski definition) is 3. The minimum atomic E-state index is -0.0776. The molecular weight excluding hydrogens is 274 g/mol. The van der Waals surface area contributed by atoms with Crippen LogP contribution in [0.5, 0.6) is 0 Å². The fourth-order valence-electron chi connectivity index (χ4n) is 2.05. The molecule has 100 valence electrons. The first-order valence-corrected chi connectivity index (χ1v) is 6.55. The number of rotatable bonds is 3. The van der Waals surface area contributed by atoms with Gasteiger partial charge in [-0.2, -0.15) is 0 Å². The molecule has 0 atom stereocenters. The maximum absolute atomic E-state index is 11.6. The lowest BCUT2D eigenvalue weighted by molar-refractivity contribution is 1.13. The Balaban J connectivity index is 1.85. The molecule has 1 aromatic carbocycles. The van der Waals surface area contributed by atoms with Crippen molar-refractivity contribution in [3.8, 4) is 0 Å². The lowest BCUT2D eigenvalue weighted by Gasteiger charge is -2.08. The summed E-state index contributed by atoms with van der Waals surface area (Å²) in [6.07, 6.45) is 4.98. The summed E-state index contributed by atoms with van der Waals surface area (Å²) >= 11 is 6.06. The smallest absolute Gasteiger partial charge is 0.255 e. The molecule has 0 unspecified atom stereocenters. The minimum absolute atomic E-state index is 0.0776. The van der Waals surface area contributed by atoms with E-state index in [0.717, 1.165) is 16.6 Å². The lowest BCUT2D eigenvalue weighted by atomic mass is 10.1. The molecule has 0 fully saturated rings. The molecule has 3 aromatic rings. The number of aromatic amines is 1. The molecule has 0 aliphatic rings. The molecule has 20 heavy (non-hydrogen) atoms. The van der Waals surface area contributed by atoms with E-state index in [1.54, 1.807) is 18.6 Å². The number of pyridine rings is 2. The summed E-state index contributed by atoms with van der Waals surface area (Å²) in [5, 5.41) is 5.51. The number of H-pyrrole nitrogens is 1. The molecule has 0 saturated heterocycles. The maximum atomic E-state index is 11.6. The van der Waals surface area contributed by atoms with Crippen molar-refractivity contribution in [2.75, 3.05) is 5.32 Å². The molecule has 0 aliphatic heterocycles. The highest BCUT2D eigenvalue weighted by Crippen LogP contribution is 2.18. The molecular formula is C15H12ClN3O. The molecule has 0 amide bonds. The fraction of sp³-hybridized carbons (Fsp3) is 0.0667. The summed E-state index contributed by atoms with van der Waals surface area (Å²) in [6, 6.07) is 9.39. The van der Waals surface area contributed by atoms with Gasteiger partial charge in [0, 0.05) is 36.2 Å². The van der Waals surface area contributed by atoms with Crippen LogP contribution in [0.25, 0.3) is 10.8 Å². The largest absolute Gasteiger partial charge is 0.381 e. The van der Waals surface area contributed by atoms with Crippen LogP contribution in [0.15, 0.2) is 53.7 Å². The number of benzene rings is 1. The zero-order valence-electron chi connectivity index (χ0n) is 10.6. The van der Waals surface area contributed by atoms with Gasteiger partial charge < -0.3 is 10.3 Å². The van der Waals surface area contributed by atoms with Crippen molar-refractivity contribution in [1.82, 2.24) is 9.97 Å². The third kappa shape index (κ3) is 2.51. The van der Waals surface area contributed by atoms with Gasteiger partial charge in [0.25, 0.3) is 5.56 Å². The summed E-state index contributed by atoms with van der Waals surface area (Å²) < 4.78 is 0. The Morgan fingerprint density at radius 1 is 1.25 bits per heavy atom. The van der Waals surface area contributed by atoms with E-state index in [1.165, 1.54) is 0 Å². The highest BCUT2D eigenvalue weighted by atomic mass is 35.5. The standard InChI is InChI=1S/C15H12ClN3O/c16-14-9-17-5-3-11(14)8-19-12-1-2-13-10(7-12)4-6-18-15(13)20/h1-7,9,19H,8H2,(H,18,20). The van der Waals surface area contributed by atoms with Gasteiger partial charge in [-0.25, -0.2) is 0 Å². The van der Waals surface area contributed by atoms with E-state index < -0.39 is 0 Å². The predicted octanol–water partition coefficient (Wildman–Crippen LogP) is 3.19. The first kappa shape index (κ1) is 12.7. The van der Waals surface area contributed by atoms with Crippen molar-refractivity contribution in [3.05, 3.63) is 69.9 Å². The summed E-state index contributed by atoms with van der Waals surface area (Å²) in [7, 11) is 0. The summed E-state index contributed by atoms with van der Waals surface area (Å²) in [4.78, 5) is 18.2. The Bertz CT molecular complexity index is 813. The van der Waals surface area contributed by atoms with Gasteiger partial charge in [-0.1, -0.05) is 11.6 Å². The summed E-state index contributed by atoms with van der Waals surface area (Å²) in [6.45, 7) is 0.607. The zero-order valence-corrected chi connectivity index (χ0v) is 11.3. The number of nitrogens with one attached hydrogen (secondary N) is 2. The van der Waals surface area contributed by atoms with Crippen LogP contribution in [-0.4, -0.2) is 9.97 Å². The quantitative estimate of drug-likeness (QED) is 0.777. The molecule has 2 heterocycles. The molecule has 2 aromatic heterocycles. The monoisotopic (exact) mass is 285 g/mol. The van der Waals surface area contributed by atoms with Crippen LogP contribution in [0.4, 0.5) is 5.69 Å². The lowest BCUT2D eigenvalue weighted by Crippen LogP contribution is -2.05. The first-order valence-electron chi connectivity index (χ1n) is 6.18. The number of fused-ring (bicyclic) bond motifs is 1. The van der Waals surface area contributed by atoms with E-state index in [4.69, 9.17) is 11.6 Å². The Morgan fingerprint density at radius 2 is 2.15 bits per heavy atom. The van der Waals surface area contributed by atoms with Crippen LogP contribution < -0.4 is 10.9 Å². The van der Waals surface area contributed by atoms with Gasteiger partial charge in [0.15, 0.2) is 0 Å². The molecule has 0 radical (unpaired) electrons. The molecule has 5 heteroatoms. The third-order valence-corrected chi connectivity index (χ3v) is 3.45. The van der Waals surface area contributed by atoms with Gasteiger partial charge in [0.1, 0.15) is 0 Å². The number of aromatic nitrogens is 2. The second kappa shape index (κ2) is 5.35. The second-order valence-electron chi connectivity index (χ2n) is 4.43. The van der Waals surface area contributed by atoms with E-state index in [2.05, 4.69) is 15.3 Å². The van der Waals surface area contributed by atoms with Gasteiger partial charge in [-0.15, -0.1) is 0 Å². The van der Waals surface area contributed by atoms with Crippen LogP contribution in [0, 0.1) is 0 Å². The van der Waals surface area contributed by atoms with Gasteiger partial charge in [0.05, 0.1) is 5.02 Å². The Kier molecular flexibility index (Phi) is 3.39. The molecule has 4 nitrogen and oxygen atoms in total. The third-order valence-electron chi connectivity index (χ3n) is 3.11. The highest BCUT2D eigenvalue weighted by Gasteiger charge is 2.02. The zero-order chi connectivity index (χ0) is 13.9. The molecule has 0 bridgehead atoms. The van der Waals surface area contributed by atoms with Crippen LogP contribution in [-0.2, 0) is 6.54 Å². The van der Waals surface area contributed by atoms with Crippen LogP contribution in [0.2, 0.25) is 5.02 Å². The van der Waals surface area contributed by atoms with Gasteiger partial charge in [0.2, 0.25) is 0 Å². The topological polar surface area (TPSA) is 57.8 Å². The second-order valence-corrected chi connectivity index (χ2v) is 4.84. The van der Waals surface area contributed by atoms with E-state index in [0.29, 0.717) is 17.0 Å². The Morgan fingerprint density at radius 3 is 3.00 bits per heavy atom. The first-order chi connectivity index (χ1) is 9.74. The van der Waals surface area contributed by atoms with Gasteiger partial charge in [-0.3, -0.25) is 9.78 Å². The average Bonchev–Trinajstić information content (AvgIpc) is 2.46. The molecule has 0 saturated carbocycles. The number of halogens is 1. The Labute approximate surface area is 120 Å². The fourth-order valence-corrected chi connectivity index (χ4v) is 2.23. The van der Waals surface area contributed by atoms with Crippen molar-refractivity contribution in [2.24, 2.45) is 0 Å². The summed E-state index contributed by atoms with van der Waals surface area (Å²) in [5.41, 5.74) is 1.84. The predicted molar refractivity (Wildman–Crippen MR) is 81.1 cm³/mol. The number of anilines is 1. The SMILES string of the molecule is O=c1[nH]ccc2cc(NCc3ccncc3Cl)ccc12. The molecule has 0 aliphatic carbocycles. The van der Waals surface area contributed by atoms with Gasteiger partial charge >= 0.3 is 0 Å². The van der Waals surface area contributed by atoms with Crippen molar-refractivity contribution in [3.63, 3.8) is 0 Å². The van der Waals surface area contributed by atoms with Crippen molar-refractivity contribution < 1.29 is 0 Å². The number of hydrogen-bond donors (Lipinski definition) is 2. The summed E-state index contributed by atoms with van der Waals surface area (Å²) in [5.74, 6) is 0. The van der Waals surface area contributed by atoms with Crippen molar-refractivity contribution in [1.29, 1.82) is 0 Å².